The Labute approximate surface area is 357 Å². The second-order valence-electron chi connectivity index (χ2n) is 19.0. The summed E-state index contributed by atoms with van der Waals surface area (Å²) in [6, 6.07) is 10.4. The predicted octanol–water partition coefficient (Wildman–Crippen LogP) is 3.88. The number of esters is 1. The highest BCUT2D eigenvalue weighted by molar-refractivity contribution is 5.76. The average Bonchev–Trinajstić information content (AvgIpc) is 3.77. The first kappa shape index (κ1) is 47.0. The highest BCUT2D eigenvalue weighted by atomic mass is 16.7. The van der Waals surface area contributed by atoms with Gasteiger partial charge in [0.05, 0.1) is 66.8 Å². The maximum atomic E-state index is 14.5. The molecule has 5 aliphatic rings. The number of hydrogen-bond donors (Lipinski definition) is 3. The zero-order valence-electron chi connectivity index (χ0n) is 37.9. The quantitative estimate of drug-likeness (QED) is 0.322. The number of nitrogens with zero attached hydrogens (tertiary/aromatic N) is 3. The third-order valence-corrected chi connectivity index (χ3v) is 14.3. The van der Waals surface area contributed by atoms with Gasteiger partial charge in [0.2, 0.25) is 0 Å². The molecule has 0 radical (unpaired) electrons. The van der Waals surface area contributed by atoms with Crippen LogP contribution in [-0.2, 0) is 49.2 Å². The van der Waals surface area contributed by atoms with Crippen LogP contribution in [-0.4, -0.2) is 162 Å². The molecule has 18 atom stereocenters. The second-order valence-corrected chi connectivity index (χ2v) is 19.0. The van der Waals surface area contributed by atoms with Crippen LogP contribution in [0.15, 0.2) is 35.3 Å². The van der Waals surface area contributed by atoms with E-state index in [1.165, 1.54) is 6.92 Å². The van der Waals surface area contributed by atoms with Gasteiger partial charge in [0.15, 0.2) is 18.7 Å². The molecule has 0 saturated carbocycles. The summed E-state index contributed by atoms with van der Waals surface area (Å²) in [6.45, 7) is 17.9. The summed E-state index contributed by atoms with van der Waals surface area (Å²) in [6.07, 6.45) is -6.12. The van der Waals surface area contributed by atoms with Gasteiger partial charge in [0.25, 0.3) is 6.02 Å². The number of carbonyl (C=O) groups is 1. The second kappa shape index (κ2) is 18.7. The summed E-state index contributed by atoms with van der Waals surface area (Å²) in [7, 11) is 5.54. The number of likely N-dealkylation sites (N-methyl/N-ethyl adjacent to an activating group) is 2. The molecule has 0 aliphatic carbocycles. The standard InChI is InChI=1S/C45H73N3O12/c1-13-33-45(9,52)37(49)25(2)23-47(10)31-20-44(8,54-24-31)39(27(4)35(28(5)40(51)57-33)58-34-21-43(7,53-12)38(50)29(6)56-34)60-41-36-32(19-26(3)55-41)48(11)42(59-36)46-22-30-17-15-14-16-18-30/h14-18,25-29,31-39,41,49-50,52H,13,19-24H2,1-12H3/t25-,26+,27-,28+,29-,31-,32-,33+,34-,35-,36+,37+,38-,39+,41-,43+,44+,45+/m0/s1. The van der Waals surface area contributed by atoms with Gasteiger partial charge in [-0.2, -0.15) is 0 Å². The first-order valence-corrected chi connectivity index (χ1v) is 22.0. The van der Waals surface area contributed by atoms with E-state index in [1.54, 1.807) is 21.0 Å². The van der Waals surface area contributed by atoms with Crippen LogP contribution < -0.4 is 0 Å². The molecule has 3 N–H and O–H groups in total. The highest BCUT2D eigenvalue weighted by Crippen LogP contribution is 2.44. The van der Waals surface area contributed by atoms with Crippen LogP contribution >= 0.6 is 0 Å². The summed E-state index contributed by atoms with van der Waals surface area (Å²) in [5.41, 5.74) is -2.59. The van der Waals surface area contributed by atoms with Crippen molar-refractivity contribution in [1.82, 2.24) is 9.80 Å². The molecule has 340 valence electrons. The molecule has 0 aromatic heterocycles. The number of amidine groups is 1. The van der Waals surface area contributed by atoms with Gasteiger partial charge < -0.3 is 63.0 Å². The average molecular weight is 848 g/mol. The van der Waals surface area contributed by atoms with E-state index < -0.39 is 89.9 Å². The molecule has 0 unspecified atom stereocenters. The van der Waals surface area contributed by atoms with E-state index in [0.29, 0.717) is 38.6 Å². The van der Waals surface area contributed by atoms with Gasteiger partial charge in [-0.3, -0.25) is 4.79 Å². The van der Waals surface area contributed by atoms with Crippen LogP contribution in [0.4, 0.5) is 0 Å². The minimum Gasteiger partial charge on any atom is -0.459 e. The SMILES string of the molecule is CC[C@H]1OC(=O)[C@H](C)[C@@H](O[C@H]2C[C@@](C)(OC)[C@@H](O)[C@H](C)O2)[C@H](C)[C@@H](O[C@@H]2O[C@H](C)C[C@H]3[C@H]2OC(=NCc2ccccc2)N3C)[C@@]2(C)C[C@@H](CO2)N(C)C[C@H](C)[C@@H](O)[C@]1(C)O. The molecular weight excluding hydrogens is 775 g/mol. The van der Waals surface area contributed by atoms with Crippen LogP contribution in [0.1, 0.15) is 93.6 Å². The number of aliphatic imine (C=N–C) groups is 1. The van der Waals surface area contributed by atoms with Crippen LogP contribution in [0.25, 0.3) is 0 Å². The van der Waals surface area contributed by atoms with Crippen molar-refractivity contribution in [2.75, 3.05) is 34.4 Å². The molecule has 0 spiro atoms. The Morgan fingerprint density at radius 1 is 0.950 bits per heavy atom. The van der Waals surface area contributed by atoms with Gasteiger partial charge in [-0.1, -0.05) is 51.1 Å². The third-order valence-electron chi connectivity index (χ3n) is 14.3. The lowest BCUT2D eigenvalue weighted by Crippen LogP contribution is -2.59. The Hall–Kier alpha value is -2.44. The van der Waals surface area contributed by atoms with Gasteiger partial charge in [-0.05, 0) is 79.3 Å². The van der Waals surface area contributed by atoms with Crippen molar-refractivity contribution in [3.8, 4) is 0 Å². The van der Waals surface area contributed by atoms with E-state index >= 15 is 0 Å². The zero-order chi connectivity index (χ0) is 43.9. The smallest absolute Gasteiger partial charge is 0.311 e. The van der Waals surface area contributed by atoms with Crippen molar-refractivity contribution in [2.45, 2.75) is 185 Å². The van der Waals surface area contributed by atoms with Crippen molar-refractivity contribution in [1.29, 1.82) is 0 Å². The molecule has 0 amide bonds. The number of benzene rings is 1. The van der Waals surface area contributed by atoms with Crippen molar-refractivity contribution < 1.29 is 58.0 Å². The van der Waals surface area contributed by atoms with E-state index in [-0.39, 0.29) is 36.9 Å². The number of carbonyl (C=O) groups excluding carboxylic acids is 1. The molecule has 5 heterocycles. The molecule has 1 aromatic rings. The topological polar surface area (TPSA) is 170 Å². The van der Waals surface area contributed by atoms with Crippen molar-refractivity contribution in [3.05, 3.63) is 35.9 Å². The summed E-state index contributed by atoms with van der Waals surface area (Å²) in [5.74, 6) is -2.49. The number of cyclic esters (lactones) is 1. The molecular formula is C45H73N3O12. The highest BCUT2D eigenvalue weighted by Gasteiger charge is 2.57. The van der Waals surface area contributed by atoms with Crippen molar-refractivity contribution in [3.63, 3.8) is 0 Å². The van der Waals surface area contributed by atoms with Crippen molar-refractivity contribution in [2.24, 2.45) is 22.7 Å². The van der Waals surface area contributed by atoms with Crippen LogP contribution in [0.3, 0.4) is 0 Å². The molecule has 5 saturated heterocycles. The fourth-order valence-electron chi connectivity index (χ4n) is 10.3. The first-order chi connectivity index (χ1) is 28.2. The van der Waals surface area contributed by atoms with E-state index in [1.807, 2.05) is 86.0 Å². The summed E-state index contributed by atoms with van der Waals surface area (Å²) < 4.78 is 52.5. The molecule has 6 rings (SSSR count). The summed E-state index contributed by atoms with van der Waals surface area (Å²) >= 11 is 0. The van der Waals surface area contributed by atoms with Crippen LogP contribution in [0.5, 0.6) is 0 Å². The molecule has 5 fully saturated rings. The Kier molecular flexibility index (Phi) is 14.7. The maximum absolute atomic E-state index is 14.5. The minimum atomic E-state index is -1.75. The fourth-order valence-corrected chi connectivity index (χ4v) is 10.3. The minimum absolute atomic E-state index is 0.0642. The number of hydrogen-bond acceptors (Lipinski definition) is 14. The lowest BCUT2D eigenvalue weighted by atomic mass is 9.79. The fraction of sp³-hybridized carbons (Fsp3) is 0.822. The largest absolute Gasteiger partial charge is 0.459 e. The van der Waals surface area contributed by atoms with Gasteiger partial charge in [0, 0.05) is 39.1 Å². The predicted molar refractivity (Wildman–Crippen MR) is 223 cm³/mol. The Bertz CT molecular complexity index is 1620. The van der Waals surface area contributed by atoms with Crippen LogP contribution in [0, 0.1) is 17.8 Å². The van der Waals surface area contributed by atoms with Gasteiger partial charge in [0.1, 0.15) is 17.8 Å². The maximum Gasteiger partial charge on any atom is 0.311 e. The normalized spacial score (nSPS) is 46.6. The number of aliphatic hydroxyl groups is 3. The number of rotatable bonds is 8. The van der Waals surface area contributed by atoms with E-state index in [2.05, 4.69) is 9.80 Å². The van der Waals surface area contributed by atoms with Gasteiger partial charge in [-0.25, -0.2) is 4.99 Å². The molecule has 60 heavy (non-hydrogen) atoms. The summed E-state index contributed by atoms with van der Waals surface area (Å²) in [4.78, 5) is 23.6. The van der Waals surface area contributed by atoms with Gasteiger partial charge in [-0.15, -0.1) is 0 Å². The van der Waals surface area contributed by atoms with Crippen LogP contribution in [0.2, 0.25) is 0 Å². The molecule has 15 nitrogen and oxygen atoms in total. The van der Waals surface area contributed by atoms with E-state index in [9.17, 15) is 20.1 Å². The number of ether oxygens (including phenoxy) is 8. The lowest BCUT2D eigenvalue weighted by molar-refractivity contribution is -0.313. The lowest BCUT2D eigenvalue weighted by Gasteiger charge is -2.48. The Morgan fingerprint density at radius 3 is 2.32 bits per heavy atom. The van der Waals surface area contributed by atoms with E-state index in [4.69, 9.17) is 42.9 Å². The number of aliphatic hydroxyl groups excluding tert-OH is 2. The van der Waals surface area contributed by atoms with Gasteiger partial charge >= 0.3 is 5.97 Å². The van der Waals surface area contributed by atoms with E-state index in [0.717, 1.165) is 5.56 Å². The third kappa shape index (κ3) is 9.56. The molecule has 5 aliphatic heterocycles. The molecule has 2 bridgehead atoms. The molecule has 1 aromatic carbocycles. The Balaban J connectivity index is 1.39. The first-order valence-electron chi connectivity index (χ1n) is 22.0. The number of methoxy groups -OCH3 is 1. The van der Waals surface area contributed by atoms with Crippen molar-refractivity contribution >= 4 is 12.0 Å². The monoisotopic (exact) mass is 848 g/mol. The molecule has 15 heteroatoms. The zero-order valence-corrected chi connectivity index (χ0v) is 37.9. The summed E-state index contributed by atoms with van der Waals surface area (Å²) in [5, 5.41) is 34.5. The Morgan fingerprint density at radius 2 is 1.65 bits per heavy atom. The number of fused-ring (bicyclic) bond motifs is 3.